The molecule has 2 rings (SSSR count). The predicted octanol–water partition coefficient (Wildman–Crippen LogP) is 8.66. The lowest BCUT2D eigenvalue weighted by Gasteiger charge is -2.31. The maximum Gasteiger partial charge on any atom is 0.122 e. The fourth-order valence-corrected chi connectivity index (χ4v) is 4.20. The standard InChI is InChI=1S/C31H48O2/c1-13-30(9,10)22-16-20(26(32)24(18-22)28(3,4)5)15-21-17-23(31(11,12)14-2)19-25(27(21)33)29(6,7)8/h16-19,32-33H,13-15H2,1-12H3. The van der Waals surface area contributed by atoms with Gasteiger partial charge in [0.05, 0.1) is 0 Å². The summed E-state index contributed by atoms with van der Waals surface area (Å²) in [5.41, 5.74) is 5.86. The second kappa shape index (κ2) is 9.01. The Morgan fingerprint density at radius 3 is 1.09 bits per heavy atom. The molecular weight excluding hydrogens is 404 g/mol. The minimum atomic E-state index is -0.177. The molecule has 0 heterocycles. The average molecular weight is 453 g/mol. The summed E-state index contributed by atoms with van der Waals surface area (Å²) in [6.07, 6.45) is 2.53. The number of phenols is 2. The number of aromatic hydroxyl groups is 2. The minimum absolute atomic E-state index is 0.00706. The van der Waals surface area contributed by atoms with Crippen molar-refractivity contribution in [2.75, 3.05) is 0 Å². The molecule has 2 aromatic rings. The lowest BCUT2D eigenvalue weighted by molar-refractivity contribution is 0.431. The van der Waals surface area contributed by atoms with E-state index in [4.69, 9.17) is 0 Å². The fourth-order valence-electron chi connectivity index (χ4n) is 4.20. The summed E-state index contributed by atoms with van der Waals surface area (Å²) in [6.45, 7) is 26.3. The van der Waals surface area contributed by atoms with Crippen LogP contribution in [0.4, 0.5) is 0 Å². The van der Waals surface area contributed by atoms with Gasteiger partial charge in [0.25, 0.3) is 0 Å². The molecule has 0 spiro atoms. The Hall–Kier alpha value is -1.96. The summed E-state index contributed by atoms with van der Waals surface area (Å²) in [5, 5.41) is 22.7. The topological polar surface area (TPSA) is 40.5 Å². The van der Waals surface area contributed by atoms with Crippen LogP contribution in [-0.2, 0) is 28.1 Å². The summed E-state index contributed by atoms with van der Waals surface area (Å²) >= 11 is 0. The van der Waals surface area contributed by atoms with Crippen LogP contribution in [0.3, 0.4) is 0 Å². The molecule has 0 saturated heterocycles. The zero-order valence-electron chi connectivity index (χ0n) is 23.3. The number of phenolic OH excluding ortho intramolecular Hbond substituents is 2. The van der Waals surface area contributed by atoms with Crippen LogP contribution < -0.4 is 0 Å². The SMILES string of the molecule is CCC(C)(C)c1cc(Cc2cc(C(C)(C)CC)cc(C(C)(C)C)c2O)c(O)c(C(C)(C)C)c1. The largest absolute Gasteiger partial charge is 0.507 e. The molecule has 33 heavy (non-hydrogen) atoms. The predicted molar refractivity (Wildman–Crippen MR) is 143 cm³/mol. The Morgan fingerprint density at radius 2 is 0.848 bits per heavy atom. The van der Waals surface area contributed by atoms with Crippen LogP contribution >= 0.6 is 0 Å². The van der Waals surface area contributed by atoms with E-state index in [1.54, 1.807) is 0 Å². The molecule has 0 amide bonds. The quantitative estimate of drug-likeness (QED) is 0.460. The van der Waals surface area contributed by atoms with Gasteiger partial charge in [-0.15, -0.1) is 0 Å². The van der Waals surface area contributed by atoms with E-state index in [-0.39, 0.29) is 21.7 Å². The first kappa shape index (κ1) is 27.3. The van der Waals surface area contributed by atoms with E-state index < -0.39 is 0 Å². The van der Waals surface area contributed by atoms with Crippen LogP contribution in [0.1, 0.15) is 129 Å². The second-order valence-corrected chi connectivity index (χ2v) is 13.2. The third kappa shape index (κ3) is 5.76. The molecule has 0 aliphatic rings. The first-order chi connectivity index (χ1) is 14.8. The maximum absolute atomic E-state index is 11.4. The van der Waals surface area contributed by atoms with Crippen molar-refractivity contribution >= 4 is 0 Å². The Labute approximate surface area is 203 Å². The van der Waals surface area contributed by atoms with Gasteiger partial charge in [-0.2, -0.15) is 0 Å². The fraction of sp³-hybridized carbons (Fsp3) is 0.613. The highest BCUT2D eigenvalue weighted by molar-refractivity contribution is 5.54. The highest BCUT2D eigenvalue weighted by atomic mass is 16.3. The smallest absolute Gasteiger partial charge is 0.122 e. The lowest BCUT2D eigenvalue weighted by Crippen LogP contribution is -2.20. The number of hydrogen-bond donors (Lipinski definition) is 2. The van der Waals surface area contributed by atoms with Gasteiger partial charge in [-0.25, -0.2) is 0 Å². The molecule has 0 saturated carbocycles. The number of benzene rings is 2. The third-order valence-corrected chi connectivity index (χ3v) is 7.71. The van der Waals surface area contributed by atoms with Crippen LogP contribution in [0, 0.1) is 0 Å². The third-order valence-electron chi connectivity index (χ3n) is 7.71. The van der Waals surface area contributed by atoms with E-state index in [1.807, 2.05) is 0 Å². The van der Waals surface area contributed by atoms with Gasteiger partial charge in [-0.3, -0.25) is 0 Å². The molecule has 0 fully saturated rings. The van der Waals surface area contributed by atoms with Crippen molar-refractivity contribution in [2.45, 2.75) is 124 Å². The summed E-state index contributed by atoms with van der Waals surface area (Å²) in [6, 6.07) is 8.67. The number of hydrogen-bond acceptors (Lipinski definition) is 2. The zero-order chi connectivity index (χ0) is 25.6. The van der Waals surface area contributed by atoms with Gasteiger partial charge in [0.15, 0.2) is 0 Å². The zero-order valence-corrected chi connectivity index (χ0v) is 23.3. The van der Waals surface area contributed by atoms with Crippen LogP contribution in [0.2, 0.25) is 0 Å². The summed E-state index contributed by atoms with van der Waals surface area (Å²) < 4.78 is 0. The van der Waals surface area contributed by atoms with E-state index >= 15 is 0 Å². The molecule has 184 valence electrons. The lowest BCUT2D eigenvalue weighted by atomic mass is 9.75. The summed E-state index contributed by atoms with van der Waals surface area (Å²) in [4.78, 5) is 0. The van der Waals surface area contributed by atoms with Crippen molar-refractivity contribution in [3.63, 3.8) is 0 Å². The minimum Gasteiger partial charge on any atom is -0.507 e. The molecule has 0 aliphatic carbocycles. The first-order valence-corrected chi connectivity index (χ1v) is 12.6. The Morgan fingerprint density at radius 1 is 0.545 bits per heavy atom. The van der Waals surface area contributed by atoms with E-state index in [1.165, 1.54) is 11.1 Å². The van der Waals surface area contributed by atoms with Gasteiger partial charge in [0.2, 0.25) is 0 Å². The van der Waals surface area contributed by atoms with Crippen LogP contribution in [0.15, 0.2) is 24.3 Å². The molecule has 2 heteroatoms. The van der Waals surface area contributed by atoms with Gasteiger partial charge in [-0.1, -0.05) is 107 Å². The van der Waals surface area contributed by atoms with E-state index in [9.17, 15) is 10.2 Å². The molecule has 0 aromatic heterocycles. The maximum atomic E-state index is 11.4. The van der Waals surface area contributed by atoms with Gasteiger partial charge in [0.1, 0.15) is 11.5 Å². The molecule has 0 bridgehead atoms. The molecule has 2 aromatic carbocycles. The van der Waals surface area contributed by atoms with Gasteiger partial charge in [-0.05, 0) is 67.9 Å². The summed E-state index contributed by atoms with van der Waals surface area (Å²) in [5.74, 6) is 0.713. The Bertz CT molecular complexity index is 914. The normalized spacial score (nSPS) is 13.5. The monoisotopic (exact) mass is 452 g/mol. The molecular formula is C31H48O2. The Kier molecular flexibility index (Phi) is 7.45. The number of rotatable bonds is 6. The van der Waals surface area contributed by atoms with E-state index in [0.717, 1.165) is 35.1 Å². The molecule has 2 N–H and O–H groups in total. The van der Waals surface area contributed by atoms with E-state index in [0.29, 0.717) is 17.9 Å². The van der Waals surface area contributed by atoms with Crippen molar-refractivity contribution in [2.24, 2.45) is 0 Å². The van der Waals surface area contributed by atoms with Crippen LogP contribution in [-0.4, -0.2) is 10.2 Å². The second-order valence-electron chi connectivity index (χ2n) is 13.2. The van der Waals surface area contributed by atoms with Crippen LogP contribution in [0.25, 0.3) is 0 Å². The van der Waals surface area contributed by atoms with Crippen molar-refractivity contribution in [1.82, 2.24) is 0 Å². The average Bonchev–Trinajstić information content (AvgIpc) is 2.68. The summed E-state index contributed by atoms with van der Waals surface area (Å²) in [7, 11) is 0. The molecule has 0 atom stereocenters. The van der Waals surface area contributed by atoms with Gasteiger partial charge >= 0.3 is 0 Å². The van der Waals surface area contributed by atoms with Crippen molar-refractivity contribution in [1.29, 1.82) is 0 Å². The first-order valence-electron chi connectivity index (χ1n) is 12.6. The van der Waals surface area contributed by atoms with Crippen LogP contribution in [0.5, 0.6) is 11.5 Å². The van der Waals surface area contributed by atoms with Crippen molar-refractivity contribution in [3.8, 4) is 11.5 Å². The highest BCUT2D eigenvalue weighted by Gasteiger charge is 2.29. The Balaban J connectivity index is 2.81. The molecule has 0 unspecified atom stereocenters. The van der Waals surface area contributed by atoms with Crippen molar-refractivity contribution in [3.05, 3.63) is 57.6 Å². The highest BCUT2D eigenvalue weighted by Crippen LogP contribution is 2.43. The molecule has 0 radical (unpaired) electrons. The van der Waals surface area contributed by atoms with E-state index in [2.05, 4.69) is 107 Å². The molecule has 0 aliphatic heterocycles. The van der Waals surface area contributed by atoms with Gasteiger partial charge < -0.3 is 10.2 Å². The van der Waals surface area contributed by atoms with Gasteiger partial charge in [0, 0.05) is 6.42 Å². The van der Waals surface area contributed by atoms with Crippen molar-refractivity contribution < 1.29 is 10.2 Å². The molecule has 2 nitrogen and oxygen atoms in total.